The first-order valence-electron chi connectivity index (χ1n) is 7.29. The minimum atomic E-state index is -0.121. The van der Waals surface area contributed by atoms with Gasteiger partial charge in [0.15, 0.2) is 0 Å². The summed E-state index contributed by atoms with van der Waals surface area (Å²) >= 11 is 0. The van der Waals surface area contributed by atoms with Crippen molar-refractivity contribution < 1.29 is 9.84 Å². The number of hydrogen-bond acceptors (Lipinski definition) is 3. The molecule has 108 valence electrons. The maximum absolute atomic E-state index is 9.95. The third kappa shape index (κ3) is 3.94. The SMILES string of the molecule is CCC(C)(C)C1CCC(O)CC1N(C)CCOC. The highest BCUT2D eigenvalue weighted by Gasteiger charge is 2.40. The largest absolute Gasteiger partial charge is 0.393 e. The number of likely N-dealkylation sites (N-methyl/N-ethyl adjacent to an activating group) is 1. The molecule has 1 aliphatic carbocycles. The molecule has 18 heavy (non-hydrogen) atoms. The van der Waals surface area contributed by atoms with Crippen LogP contribution in [0.2, 0.25) is 0 Å². The molecule has 1 saturated carbocycles. The van der Waals surface area contributed by atoms with E-state index in [0.29, 0.717) is 17.4 Å². The summed E-state index contributed by atoms with van der Waals surface area (Å²) in [6, 6.07) is 0.485. The smallest absolute Gasteiger partial charge is 0.0589 e. The van der Waals surface area contributed by atoms with Gasteiger partial charge in [0.1, 0.15) is 0 Å². The number of ether oxygens (including phenoxy) is 1. The van der Waals surface area contributed by atoms with E-state index in [1.807, 2.05) is 0 Å². The standard InChI is InChI=1S/C15H31NO2/c1-6-15(2,3)13-8-7-12(17)11-14(13)16(4)9-10-18-5/h12-14,17H,6-11H2,1-5H3. The number of methoxy groups -OCH3 is 1. The minimum absolute atomic E-state index is 0.121. The van der Waals surface area contributed by atoms with Crippen LogP contribution in [0.1, 0.15) is 46.5 Å². The van der Waals surface area contributed by atoms with Crippen LogP contribution in [0.25, 0.3) is 0 Å². The first-order valence-corrected chi connectivity index (χ1v) is 7.29. The first-order chi connectivity index (χ1) is 8.42. The van der Waals surface area contributed by atoms with Gasteiger partial charge in [-0.3, -0.25) is 0 Å². The summed E-state index contributed by atoms with van der Waals surface area (Å²) in [5.41, 5.74) is 0.353. The highest BCUT2D eigenvalue weighted by Crippen LogP contribution is 2.42. The average molecular weight is 257 g/mol. The molecule has 3 unspecified atom stereocenters. The summed E-state index contributed by atoms with van der Waals surface area (Å²) in [5, 5.41) is 9.95. The molecule has 0 aliphatic heterocycles. The highest BCUT2D eigenvalue weighted by molar-refractivity contribution is 4.92. The molecule has 0 aromatic heterocycles. The quantitative estimate of drug-likeness (QED) is 0.793. The first kappa shape index (κ1) is 15.9. The molecule has 0 spiro atoms. The van der Waals surface area contributed by atoms with E-state index in [-0.39, 0.29) is 6.10 Å². The molecule has 0 aromatic rings. The zero-order valence-electron chi connectivity index (χ0n) is 12.8. The second-order valence-electron chi connectivity index (χ2n) is 6.46. The van der Waals surface area contributed by atoms with Gasteiger partial charge in [-0.15, -0.1) is 0 Å². The molecule has 0 radical (unpaired) electrons. The number of hydrogen-bond donors (Lipinski definition) is 1. The van der Waals surface area contributed by atoms with Crippen LogP contribution in [0.5, 0.6) is 0 Å². The Kier molecular flexibility index (Phi) is 6.09. The second-order valence-corrected chi connectivity index (χ2v) is 6.46. The average Bonchev–Trinajstić information content (AvgIpc) is 2.35. The van der Waals surface area contributed by atoms with Crippen LogP contribution in [0.4, 0.5) is 0 Å². The van der Waals surface area contributed by atoms with Gasteiger partial charge < -0.3 is 14.7 Å². The zero-order chi connectivity index (χ0) is 13.8. The lowest BCUT2D eigenvalue weighted by Crippen LogP contribution is -2.49. The van der Waals surface area contributed by atoms with Crippen LogP contribution in [0, 0.1) is 11.3 Å². The fourth-order valence-corrected chi connectivity index (χ4v) is 3.19. The van der Waals surface area contributed by atoms with Crippen molar-refractivity contribution in [3.8, 4) is 0 Å². The van der Waals surface area contributed by atoms with Gasteiger partial charge >= 0.3 is 0 Å². The van der Waals surface area contributed by atoms with E-state index in [1.54, 1.807) is 7.11 Å². The lowest BCUT2D eigenvalue weighted by molar-refractivity contribution is -0.0151. The van der Waals surface area contributed by atoms with Crippen molar-refractivity contribution in [2.75, 3.05) is 27.3 Å². The molecule has 0 amide bonds. The Labute approximate surface area is 113 Å². The molecule has 3 nitrogen and oxygen atoms in total. The predicted molar refractivity (Wildman–Crippen MR) is 75.7 cm³/mol. The summed E-state index contributed by atoms with van der Waals surface area (Å²) in [7, 11) is 3.91. The van der Waals surface area contributed by atoms with E-state index < -0.39 is 0 Å². The van der Waals surface area contributed by atoms with Crippen molar-refractivity contribution in [3.63, 3.8) is 0 Å². The molecule has 0 aromatic carbocycles. The molecule has 0 bridgehead atoms. The molecule has 3 heteroatoms. The number of aliphatic hydroxyl groups excluding tert-OH is 1. The van der Waals surface area contributed by atoms with Crippen molar-refractivity contribution in [3.05, 3.63) is 0 Å². The van der Waals surface area contributed by atoms with Gasteiger partial charge in [-0.1, -0.05) is 27.2 Å². The maximum Gasteiger partial charge on any atom is 0.0589 e. The van der Waals surface area contributed by atoms with Gasteiger partial charge in [0.25, 0.3) is 0 Å². The summed E-state index contributed by atoms with van der Waals surface area (Å²) in [4.78, 5) is 2.38. The molecule has 1 rings (SSSR count). The maximum atomic E-state index is 9.95. The molecule has 0 heterocycles. The Morgan fingerprint density at radius 2 is 2.00 bits per heavy atom. The lowest BCUT2D eigenvalue weighted by atomic mass is 9.66. The Bertz CT molecular complexity index is 243. The number of nitrogens with zero attached hydrogens (tertiary/aromatic N) is 1. The topological polar surface area (TPSA) is 32.7 Å². The Balaban J connectivity index is 2.73. The second kappa shape index (κ2) is 6.88. The Hall–Kier alpha value is -0.120. The van der Waals surface area contributed by atoms with Crippen molar-refractivity contribution in [2.45, 2.75) is 58.6 Å². The monoisotopic (exact) mass is 257 g/mol. The van der Waals surface area contributed by atoms with Crippen LogP contribution >= 0.6 is 0 Å². The van der Waals surface area contributed by atoms with Crippen LogP contribution in [0.3, 0.4) is 0 Å². The van der Waals surface area contributed by atoms with Gasteiger partial charge in [-0.2, -0.15) is 0 Å². The fraction of sp³-hybridized carbons (Fsp3) is 1.00. The highest BCUT2D eigenvalue weighted by atomic mass is 16.5. The minimum Gasteiger partial charge on any atom is -0.393 e. The van der Waals surface area contributed by atoms with Gasteiger partial charge in [0, 0.05) is 19.7 Å². The lowest BCUT2D eigenvalue weighted by Gasteiger charge is -2.47. The summed E-state index contributed by atoms with van der Waals surface area (Å²) in [6.45, 7) is 8.73. The van der Waals surface area contributed by atoms with E-state index in [9.17, 15) is 5.11 Å². The zero-order valence-corrected chi connectivity index (χ0v) is 12.8. The summed E-state index contributed by atoms with van der Waals surface area (Å²) in [5.74, 6) is 0.674. The van der Waals surface area contributed by atoms with E-state index in [2.05, 4.69) is 32.7 Å². The van der Waals surface area contributed by atoms with E-state index in [1.165, 1.54) is 6.42 Å². The van der Waals surface area contributed by atoms with Gasteiger partial charge in [-0.25, -0.2) is 0 Å². The molecule has 1 aliphatic rings. The predicted octanol–water partition coefficient (Wildman–Crippen LogP) is 2.53. The van der Waals surface area contributed by atoms with Gasteiger partial charge in [0.05, 0.1) is 12.7 Å². The van der Waals surface area contributed by atoms with Gasteiger partial charge in [0.2, 0.25) is 0 Å². The van der Waals surface area contributed by atoms with Crippen molar-refractivity contribution in [1.82, 2.24) is 4.90 Å². The van der Waals surface area contributed by atoms with Crippen molar-refractivity contribution in [1.29, 1.82) is 0 Å². The molecule has 1 fully saturated rings. The van der Waals surface area contributed by atoms with Crippen LogP contribution in [-0.4, -0.2) is 49.5 Å². The van der Waals surface area contributed by atoms with Crippen molar-refractivity contribution >= 4 is 0 Å². The summed E-state index contributed by atoms with van der Waals surface area (Å²) in [6.07, 6.45) is 4.09. The molecule has 0 saturated heterocycles. The summed E-state index contributed by atoms with van der Waals surface area (Å²) < 4.78 is 5.17. The fourth-order valence-electron chi connectivity index (χ4n) is 3.19. The normalized spacial score (nSPS) is 29.8. The van der Waals surface area contributed by atoms with Crippen LogP contribution < -0.4 is 0 Å². The molecular weight excluding hydrogens is 226 g/mol. The van der Waals surface area contributed by atoms with Gasteiger partial charge in [-0.05, 0) is 37.6 Å². The van der Waals surface area contributed by atoms with E-state index >= 15 is 0 Å². The number of aliphatic hydroxyl groups is 1. The molecular formula is C15H31NO2. The molecule has 1 N–H and O–H groups in total. The Morgan fingerprint density at radius 1 is 1.33 bits per heavy atom. The van der Waals surface area contributed by atoms with E-state index in [4.69, 9.17) is 4.74 Å². The Morgan fingerprint density at radius 3 is 2.56 bits per heavy atom. The number of rotatable bonds is 6. The third-order valence-corrected chi connectivity index (χ3v) is 4.92. The van der Waals surface area contributed by atoms with E-state index in [0.717, 1.165) is 32.4 Å². The van der Waals surface area contributed by atoms with Crippen LogP contribution in [0.15, 0.2) is 0 Å². The third-order valence-electron chi connectivity index (χ3n) is 4.92. The van der Waals surface area contributed by atoms with Crippen molar-refractivity contribution in [2.24, 2.45) is 11.3 Å². The molecule has 3 atom stereocenters. The van der Waals surface area contributed by atoms with Crippen LogP contribution in [-0.2, 0) is 4.74 Å².